The number of ether oxygens (including phenoxy) is 1. The van der Waals surface area contributed by atoms with E-state index in [1.54, 1.807) is 36.4 Å². The molecule has 0 spiro atoms. The van der Waals surface area contributed by atoms with Crippen LogP contribution in [0.3, 0.4) is 0 Å². The summed E-state index contributed by atoms with van der Waals surface area (Å²) in [6.45, 7) is 0. The van der Waals surface area contributed by atoms with Gasteiger partial charge in [0.15, 0.2) is 10.9 Å². The number of hydrogen-bond acceptors (Lipinski definition) is 8. The second kappa shape index (κ2) is 9.87. The molecule has 0 heterocycles. The van der Waals surface area contributed by atoms with Crippen molar-refractivity contribution in [2.45, 2.75) is 43.0 Å². The van der Waals surface area contributed by atoms with E-state index >= 15 is 0 Å². The summed E-state index contributed by atoms with van der Waals surface area (Å²) in [5.74, 6) is 0.224. The van der Waals surface area contributed by atoms with Gasteiger partial charge in [0, 0.05) is 16.8 Å². The largest absolute Gasteiger partial charge is 0.497 e. The van der Waals surface area contributed by atoms with Gasteiger partial charge in [0.05, 0.1) is 40.0 Å². The van der Waals surface area contributed by atoms with E-state index in [9.17, 15) is 22.6 Å². The first kappa shape index (κ1) is 24.8. The SMILES string of the molecule is COc1ccc(NN=c2ccc(=NC3CCCCC3)c3c(=O)c4ccccc4c(=O)c2=3)c(S(=O)(=O)O)c1. The normalized spacial score (nSPS) is 15.9. The lowest BCUT2D eigenvalue weighted by atomic mass is 9.96. The number of anilines is 1. The van der Waals surface area contributed by atoms with E-state index in [-0.39, 0.29) is 49.5 Å². The first-order valence-corrected chi connectivity index (χ1v) is 13.4. The Hall–Kier alpha value is -3.89. The minimum Gasteiger partial charge on any atom is -0.497 e. The third-order valence-corrected chi connectivity index (χ3v) is 7.59. The molecule has 2 N–H and O–H groups in total. The molecule has 10 heteroatoms. The van der Waals surface area contributed by atoms with Gasteiger partial charge in [-0.3, -0.25) is 24.6 Å². The fourth-order valence-electron chi connectivity index (χ4n) is 4.85. The Kier molecular flexibility index (Phi) is 6.61. The van der Waals surface area contributed by atoms with Crippen LogP contribution in [0.1, 0.15) is 32.1 Å². The third-order valence-electron chi connectivity index (χ3n) is 6.69. The number of nitrogens with one attached hydrogen (secondary N) is 1. The molecule has 0 radical (unpaired) electrons. The molecule has 5 rings (SSSR count). The third kappa shape index (κ3) is 4.77. The fraction of sp³-hybridized carbons (Fsp3) is 0.259. The lowest BCUT2D eigenvalue weighted by Gasteiger charge is -2.17. The van der Waals surface area contributed by atoms with E-state index in [2.05, 4.69) is 10.5 Å². The summed E-state index contributed by atoms with van der Waals surface area (Å²) in [5, 5.41) is 5.78. The highest BCUT2D eigenvalue weighted by atomic mass is 32.2. The molecule has 2 aromatic rings. The van der Waals surface area contributed by atoms with Gasteiger partial charge in [0.25, 0.3) is 10.1 Å². The Bertz CT molecular complexity index is 1900. The molecule has 1 saturated carbocycles. The fourth-order valence-corrected chi connectivity index (χ4v) is 5.51. The van der Waals surface area contributed by atoms with Crippen molar-refractivity contribution in [3.05, 3.63) is 96.2 Å². The molecule has 0 bridgehead atoms. The minimum atomic E-state index is -4.61. The summed E-state index contributed by atoms with van der Waals surface area (Å²) >= 11 is 0. The standard InChI is InChI=1S/C27H25N3O6S/c1-36-17-11-12-20(23(15-17)37(33,34)35)29-30-22-14-13-21(28-16-7-3-2-4-8-16)24-25(22)27(32)19-10-6-5-9-18(19)26(24)31/h5-6,9-16,29H,2-4,7-8H2,1H3,(H,33,34,35). The number of fused-ring (bicyclic) bond motifs is 1. The average molecular weight is 520 g/mol. The number of benzene rings is 2. The smallest absolute Gasteiger partial charge is 0.296 e. The Morgan fingerprint density at radius 1 is 0.892 bits per heavy atom. The summed E-state index contributed by atoms with van der Waals surface area (Å²) < 4.78 is 38.6. The number of rotatable bonds is 5. The van der Waals surface area contributed by atoms with E-state index in [0.717, 1.165) is 38.2 Å². The highest BCUT2D eigenvalue weighted by molar-refractivity contribution is 7.86. The van der Waals surface area contributed by atoms with Crippen LogP contribution >= 0.6 is 0 Å². The van der Waals surface area contributed by atoms with Crippen molar-refractivity contribution >= 4 is 26.6 Å². The van der Waals surface area contributed by atoms with Gasteiger partial charge in [-0.2, -0.15) is 13.5 Å². The molecule has 0 atom stereocenters. The van der Waals surface area contributed by atoms with Crippen LogP contribution in [-0.2, 0) is 10.1 Å². The van der Waals surface area contributed by atoms with Crippen molar-refractivity contribution in [3.63, 3.8) is 0 Å². The summed E-state index contributed by atoms with van der Waals surface area (Å²) in [6, 6.07) is 14.0. The highest BCUT2D eigenvalue weighted by Gasteiger charge is 2.18. The van der Waals surface area contributed by atoms with Gasteiger partial charge in [-0.25, -0.2) is 0 Å². The number of nitrogens with zero attached hydrogens (tertiary/aromatic N) is 2. The topological polar surface area (TPSA) is 134 Å². The van der Waals surface area contributed by atoms with Crippen LogP contribution in [0, 0.1) is 10.4 Å². The Balaban J connectivity index is 1.80. The van der Waals surface area contributed by atoms with Gasteiger partial charge in [-0.05, 0) is 37.1 Å². The summed E-state index contributed by atoms with van der Waals surface area (Å²) in [6.07, 6.45) is 5.16. The monoisotopic (exact) mass is 519 g/mol. The quantitative estimate of drug-likeness (QED) is 0.306. The van der Waals surface area contributed by atoms with Crippen LogP contribution in [0.15, 0.2) is 79.2 Å². The van der Waals surface area contributed by atoms with Gasteiger partial charge in [0.2, 0.25) is 0 Å². The summed E-state index contributed by atoms with van der Waals surface area (Å²) in [5.41, 5.74) is 1.94. The molecule has 0 aliphatic heterocycles. The van der Waals surface area contributed by atoms with Gasteiger partial charge in [-0.1, -0.05) is 43.5 Å². The molecule has 3 aliphatic rings. The zero-order valence-electron chi connectivity index (χ0n) is 20.1. The van der Waals surface area contributed by atoms with Crippen molar-refractivity contribution in [2.75, 3.05) is 12.5 Å². The number of methoxy groups -OCH3 is 1. The molecule has 190 valence electrons. The lowest BCUT2D eigenvalue weighted by Crippen LogP contribution is -2.30. The van der Waals surface area contributed by atoms with Gasteiger partial charge in [0.1, 0.15) is 10.6 Å². The molecule has 2 aromatic carbocycles. The molecule has 0 unspecified atom stereocenters. The molecule has 0 aromatic heterocycles. The second-order valence-corrected chi connectivity index (χ2v) is 10.4. The average Bonchev–Trinajstić information content (AvgIpc) is 2.90. The Morgan fingerprint density at radius 2 is 1.51 bits per heavy atom. The maximum absolute atomic E-state index is 13.6. The van der Waals surface area contributed by atoms with Gasteiger partial charge in [-0.15, -0.1) is 0 Å². The van der Waals surface area contributed by atoms with Crippen LogP contribution in [0.5, 0.6) is 5.75 Å². The predicted octanol–water partition coefficient (Wildman–Crippen LogP) is 2.58. The molecule has 0 saturated heterocycles. The van der Waals surface area contributed by atoms with Crippen LogP contribution in [-0.4, -0.2) is 26.1 Å². The van der Waals surface area contributed by atoms with E-state index in [1.807, 2.05) is 0 Å². The molecular formula is C27H25N3O6S. The molecule has 0 amide bonds. The van der Waals surface area contributed by atoms with E-state index in [0.29, 0.717) is 10.7 Å². The molecule has 1 fully saturated rings. The van der Waals surface area contributed by atoms with E-state index in [4.69, 9.17) is 9.73 Å². The summed E-state index contributed by atoms with van der Waals surface area (Å²) in [4.78, 5) is 31.6. The zero-order valence-corrected chi connectivity index (χ0v) is 20.9. The predicted molar refractivity (Wildman–Crippen MR) is 139 cm³/mol. The second-order valence-electron chi connectivity index (χ2n) is 9.04. The molecule has 37 heavy (non-hydrogen) atoms. The van der Waals surface area contributed by atoms with E-state index in [1.165, 1.54) is 19.2 Å². The van der Waals surface area contributed by atoms with Crippen molar-refractivity contribution in [3.8, 4) is 5.75 Å². The summed E-state index contributed by atoms with van der Waals surface area (Å²) in [7, 11) is -3.24. The maximum Gasteiger partial charge on any atom is 0.296 e. The van der Waals surface area contributed by atoms with Crippen LogP contribution < -0.4 is 31.7 Å². The van der Waals surface area contributed by atoms with Crippen LogP contribution in [0.4, 0.5) is 5.69 Å². The minimum absolute atomic E-state index is 0.0250. The number of hydrogen-bond donors (Lipinski definition) is 2. The van der Waals surface area contributed by atoms with E-state index < -0.39 is 15.0 Å². The van der Waals surface area contributed by atoms with Crippen LogP contribution in [0.25, 0.3) is 10.8 Å². The lowest BCUT2D eigenvalue weighted by molar-refractivity contribution is 0.412. The first-order chi connectivity index (χ1) is 17.8. The molecule has 3 aliphatic carbocycles. The first-order valence-electron chi connectivity index (χ1n) is 12.0. The van der Waals surface area contributed by atoms with Gasteiger partial charge >= 0.3 is 0 Å². The zero-order chi connectivity index (χ0) is 26.2. The van der Waals surface area contributed by atoms with Gasteiger partial charge < -0.3 is 4.74 Å². The van der Waals surface area contributed by atoms with Crippen molar-refractivity contribution in [1.29, 1.82) is 0 Å². The highest BCUT2D eigenvalue weighted by Crippen LogP contribution is 2.26. The van der Waals surface area contributed by atoms with Crippen LogP contribution in [0.2, 0.25) is 0 Å². The van der Waals surface area contributed by atoms with Crippen molar-refractivity contribution < 1.29 is 17.7 Å². The molecule has 9 nitrogen and oxygen atoms in total. The Labute approximate surface area is 211 Å². The maximum atomic E-state index is 13.6. The van der Waals surface area contributed by atoms with Crippen molar-refractivity contribution in [1.82, 2.24) is 0 Å². The van der Waals surface area contributed by atoms with Crippen molar-refractivity contribution in [2.24, 2.45) is 10.1 Å². The molecular weight excluding hydrogens is 494 g/mol. The Morgan fingerprint density at radius 3 is 2.14 bits per heavy atom.